The van der Waals surface area contributed by atoms with Crippen molar-refractivity contribution in [1.82, 2.24) is 4.90 Å². The van der Waals surface area contributed by atoms with Crippen LogP contribution in [0.1, 0.15) is 13.3 Å². The summed E-state index contributed by atoms with van der Waals surface area (Å²) in [5.41, 5.74) is 0. The minimum atomic E-state index is -1.07. The van der Waals surface area contributed by atoms with E-state index in [2.05, 4.69) is 0 Å². The van der Waals surface area contributed by atoms with Crippen molar-refractivity contribution in [2.24, 2.45) is 0 Å². The topological polar surface area (TPSA) is 66.8 Å². The van der Waals surface area contributed by atoms with Gasteiger partial charge in [0.25, 0.3) is 0 Å². The van der Waals surface area contributed by atoms with Crippen molar-refractivity contribution in [2.45, 2.75) is 30.9 Å². The number of nitrogens with zero attached hydrogens (tertiary/aromatic N) is 1. The van der Waals surface area contributed by atoms with Crippen LogP contribution in [-0.2, 0) is 14.3 Å². The Hall–Kier alpha value is -0.810. The molecule has 1 saturated heterocycles. The van der Waals surface area contributed by atoms with Crippen LogP contribution in [0.4, 0.5) is 0 Å². The van der Waals surface area contributed by atoms with Crippen LogP contribution in [0.5, 0.6) is 0 Å². The van der Waals surface area contributed by atoms with E-state index >= 15 is 0 Å². The maximum absolute atomic E-state index is 11.5. The van der Waals surface area contributed by atoms with E-state index in [1.54, 1.807) is 6.92 Å². The number of rotatable bonds is 4. The average molecular weight is 236 g/mol. The molecule has 1 heterocycles. The SMILES string of the molecule is CO[C@H](C)[C@@H](C(=O)O)N1CC(Cl)CC1=O. The molecule has 1 unspecified atom stereocenters. The van der Waals surface area contributed by atoms with Crippen LogP contribution in [0.25, 0.3) is 0 Å². The van der Waals surface area contributed by atoms with Gasteiger partial charge in [-0.15, -0.1) is 11.6 Å². The molecule has 15 heavy (non-hydrogen) atoms. The molecule has 0 aromatic rings. The van der Waals surface area contributed by atoms with Crippen molar-refractivity contribution in [3.05, 3.63) is 0 Å². The van der Waals surface area contributed by atoms with E-state index < -0.39 is 18.1 Å². The summed E-state index contributed by atoms with van der Waals surface area (Å²) in [5, 5.41) is 8.72. The first-order valence-corrected chi connectivity index (χ1v) is 5.10. The zero-order valence-corrected chi connectivity index (χ0v) is 9.40. The van der Waals surface area contributed by atoms with Gasteiger partial charge in [0.2, 0.25) is 5.91 Å². The van der Waals surface area contributed by atoms with Crippen LogP contribution < -0.4 is 0 Å². The van der Waals surface area contributed by atoms with Crippen molar-refractivity contribution < 1.29 is 19.4 Å². The number of amides is 1. The highest BCUT2D eigenvalue weighted by Crippen LogP contribution is 2.21. The fourth-order valence-electron chi connectivity index (χ4n) is 1.67. The van der Waals surface area contributed by atoms with Crippen molar-refractivity contribution in [3.8, 4) is 0 Å². The van der Waals surface area contributed by atoms with E-state index in [1.807, 2.05) is 0 Å². The average Bonchev–Trinajstić information content (AvgIpc) is 2.45. The van der Waals surface area contributed by atoms with Gasteiger partial charge in [-0.1, -0.05) is 0 Å². The second-order valence-corrected chi connectivity index (χ2v) is 4.19. The summed E-state index contributed by atoms with van der Waals surface area (Å²) in [5.74, 6) is -1.30. The molecule has 1 aliphatic heterocycles. The summed E-state index contributed by atoms with van der Waals surface area (Å²) in [4.78, 5) is 23.8. The lowest BCUT2D eigenvalue weighted by Gasteiger charge is -2.28. The van der Waals surface area contributed by atoms with Crippen LogP contribution in [0.15, 0.2) is 0 Å². The zero-order valence-electron chi connectivity index (χ0n) is 8.64. The van der Waals surface area contributed by atoms with Crippen LogP contribution in [0.2, 0.25) is 0 Å². The second-order valence-electron chi connectivity index (χ2n) is 3.57. The molecule has 0 bridgehead atoms. The van der Waals surface area contributed by atoms with E-state index in [0.29, 0.717) is 0 Å². The second kappa shape index (κ2) is 4.81. The number of ether oxygens (including phenoxy) is 1. The number of carboxylic acids is 1. The molecule has 0 aromatic carbocycles. The first-order valence-electron chi connectivity index (χ1n) is 4.66. The lowest BCUT2D eigenvalue weighted by Crippen LogP contribution is -2.49. The summed E-state index contributed by atoms with van der Waals surface area (Å²) >= 11 is 5.80. The minimum Gasteiger partial charge on any atom is -0.480 e. The van der Waals surface area contributed by atoms with E-state index in [9.17, 15) is 9.59 Å². The summed E-state index contributed by atoms with van der Waals surface area (Å²) in [6.07, 6.45) is -0.352. The molecule has 3 atom stereocenters. The fourth-order valence-corrected chi connectivity index (χ4v) is 1.95. The van der Waals surface area contributed by atoms with Gasteiger partial charge in [0.05, 0.1) is 11.5 Å². The van der Waals surface area contributed by atoms with Crippen molar-refractivity contribution >= 4 is 23.5 Å². The third-order valence-corrected chi connectivity index (χ3v) is 2.81. The smallest absolute Gasteiger partial charge is 0.329 e. The maximum atomic E-state index is 11.5. The van der Waals surface area contributed by atoms with E-state index in [1.165, 1.54) is 12.0 Å². The number of hydrogen-bond acceptors (Lipinski definition) is 3. The molecule has 5 nitrogen and oxygen atoms in total. The Bertz CT molecular complexity index is 271. The summed E-state index contributed by atoms with van der Waals surface area (Å²) < 4.78 is 4.95. The van der Waals surface area contributed by atoms with Crippen LogP contribution >= 0.6 is 11.6 Å². The fraction of sp³-hybridized carbons (Fsp3) is 0.778. The molecular formula is C9H14ClNO4. The number of likely N-dealkylation sites (tertiary alicyclic amines) is 1. The number of hydrogen-bond donors (Lipinski definition) is 1. The van der Waals surface area contributed by atoms with Crippen molar-refractivity contribution in [1.29, 1.82) is 0 Å². The number of aliphatic carboxylic acids is 1. The Kier molecular flexibility index (Phi) is 3.93. The lowest BCUT2D eigenvalue weighted by molar-refractivity contribution is -0.153. The molecule has 0 saturated carbocycles. The number of methoxy groups -OCH3 is 1. The molecule has 0 aromatic heterocycles. The zero-order chi connectivity index (χ0) is 11.6. The maximum Gasteiger partial charge on any atom is 0.329 e. The van der Waals surface area contributed by atoms with E-state index in [-0.39, 0.29) is 24.2 Å². The molecule has 86 valence electrons. The third kappa shape index (κ3) is 2.60. The first kappa shape index (κ1) is 12.3. The number of carbonyl (C=O) groups is 2. The van der Waals surface area contributed by atoms with Gasteiger partial charge in [0.1, 0.15) is 0 Å². The Morgan fingerprint density at radius 3 is 2.67 bits per heavy atom. The molecular weight excluding hydrogens is 222 g/mol. The number of alkyl halides is 1. The van der Waals surface area contributed by atoms with E-state index in [4.69, 9.17) is 21.4 Å². The molecule has 0 radical (unpaired) electrons. The lowest BCUT2D eigenvalue weighted by atomic mass is 10.1. The van der Waals surface area contributed by atoms with Gasteiger partial charge in [0.15, 0.2) is 6.04 Å². The van der Waals surface area contributed by atoms with Gasteiger partial charge in [0, 0.05) is 20.1 Å². The van der Waals surface area contributed by atoms with Crippen LogP contribution in [-0.4, -0.2) is 53.1 Å². The minimum absolute atomic E-state index is 0.196. The molecule has 0 spiro atoms. The van der Waals surface area contributed by atoms with Crippen LogP contribution in [0, 0.1) is 0 Å². The first-order chi connectivity index (χ1) is 6.97. The number of carbonyl (C=O) groups excluding carboxylic acids is 1. The largest absolute Gasteiger partial charge is 0.480 e. The Labute approximate surface area is 92.9 Å². The van der Waals surface area contributed by atoms with Gasteiger partial charge >= 0.3 is 5.97 Å². The Balaban J connectivity index is 2.81. The molecule has 6 heteroatoms. The Morgan fingerprint density at radius 1 is 1.73 bits per heavy atom. The summed E-state index contributed by atoms with van der Waals surface area (Å²) in [6, 6.07) is -0.953. The molecule has 1 N–H and O–H groups in total. The molecule has 0 aliphatic carbocycles. The van der Waals surface area contributed by atoms with Crippen molar-refractivity contribution in [2.75, 3.05) is 13.7 Å². The van der Waals surface area contributed by atoms with Crippen molar-refractivity contribution in [3.63, 3.8) is 0 Å². The summed E-state index contributed by atoms with van der Waals surface area (Å²) in [7, 11) is 1.42. The standard InChI is InChI=1S/C9H14ClNO4/c1-5(15-2)8(9(13)14)11-4-6(10)3-7(11)12/h5-6,8H,3-4H2,1-2H3,(H,13,14)/t5-,6?,8+/m1/s1. The Morgan fingerprint density at radius 2 is 2.33 bits per heavy atom. The molecule has 1 aliphatic rings. The predicted molar refractivity (Wildman–Crippen MR) is 53.9 cm³/mol. The number of halogens is 1. The quantitative estimate of drug-likeness (QED) is 0.713. The van der Waals surface area contributed by atoms with Crippen LogP contribution in [0.3, 0.4) is 0 Å². The van der Waals surface area contributed by atoms with Gasteiger partial charge in [-0.25, -0.2) is 4.79 Å². The highest BCUT2D eigenvalue weighted by atomic mass is 35.5. The van der Waals surface area contributed by atoms with Gasteiger partial charge in [-0.05, 0) is 6.92 Å². The summed E-state index contributed by atoms with van der Waals surface area (Å²) in [6.45, 7) is 1.89. The van der Waals surface area contributed by atoms with Gasteiger partial charge < -0.3 is 14.7 Å². The predicted octanol–water partition coefficient (Wildman–Crippen LogP) is 0.314. The normalized spacial score (nSPS) is 25.4. The highest BCUT2D eigenvalue weighted by molar-refractivity contribution is 6.22. The molecule has 1 rings (SSSR count). The third-order valence-electron chi connectivity index (χ3n) is 2.52. The number of carboxylic acid groups (broad SMARTS) is 1. The van der Waals surface area contributed by atoms with E-state index in [0.717, 1.165) is 0 Å². The molecule has 1 amide bonds. The van der Waals surface area contributed by atoms with Gasteiger partial charge in [-0.2, -0.15) is 0 Å². The highest BCUT2D eigenvalue weighted by Gasteiger charge is 2.39. The monoisotopic (exact) mass is 235 g/mol. The van der Waals surface area contributed by atoms with Gasteiger partial charge in [-0.3, -0.25) is 4.79 Å². The molecule has 1 fully saturated rings.